The molecule has 0 bridgehead atoms. The highest BCUT2D eigenvalue weighted by atomic mass is 16.7. The number of nitrogens with one attached hydrogen (secondary N) is 1. The van der Waals surface area contributed by atoms with Gasteiger partial charge in [0.2, 0.25) is 5.91 Å². The van der Waals surface area contributed by atoms with Gasteiger partial charge in [0.25, 0.3) is 0 Å². The van der Waals surface area contributed by atoms with Gasteiger partial charge < -0.3 is 82.9 Å². The molecule has 1 aliphatic carbocycles. The second-order valence-corrected chi connectivity index (χ2v) is 9.84. The number of nitrogens with two attached hydrogens (primary N) is 4. The van der Waals surface area contributed by atoms with Crippen LogP contribution in [0, 0.1) is 0 Å². The van der Waals surface area contributed by atoms with E-state index in [-0.39, 0.29) is 25.9 Å². The Kier molecular flexibility index (Phi) is 11.1. The molecule has 38 heavy (non-hydrogen) atoms. The smallest absolute Gasteiger partial charge is 0.249 e. The third-order valence-electron chi connectivity index (χ3n) is 7.15. The molecular weight excluding hydrogens is 514 g/mol. The molecule has 15 atom stereocenters. The van der Waals surface area contributed by atoms with Crippen molar-refractivity contribution in [3.63, 3.8) is 0 Å². The first kappa shape index (κ1) is 31.4. The minimum Gasteiger partial charge on any atom is -0.394 e. The third-order valence-corrected chi connectivity index (χ3v) is 7.15. The molecule has 1 saturated carbocycles. The maximum atomic E-state index is 12.4. The molecule has 2 saturated heterocycles. The second kappa shape index (κ2) is 13.5. The normalized spacial score (nSPS) is 46.6. The first-order chi connectivity index (χ1) is 17.9. The molecule has 222 valence electrons. The quantitative estimate of drug-likeness (QED) is 0.119. The van der Waals surface area contributed by atoms with Crippen molar-refractivity contribution in [3.05, 3.63) is 0 Å². The predicted octanol–water partition coefficient (Wildman–Crippen LogP) is -7.79. The SMILES string of the molecule is NCC[C@@H](O)C(=O)N[C@@H]1C[C@H](N)[C@@H](O[C@H]2O[C@H](CN)[C@H](O)[C@H](O)[C@@H]2N)[C@H](O[C@H]2O[C@@H](CO)[C@H](O)[C@@H]2O)[C@H]1O. The van der Waals surface area contributed by atoms with E-state index in [4.69, 9.17) is 41.9 Å². The van der Waals surface area contributed by atoms with Gasteiger partial charge in [0.15, 0.2) is 12.6 Å². The summed E-state index contributed by atoms with van der Waals surface area (Å²) in [4.78, 5) is 12.4. The van der Waals surface area contributed by atoms with Crippen molar-refractivity contribution >= 4 is 5.91 Å². The molecule has 0 aromatic heterocycles. The number of ether oxygens (including phenoxy) is 4. The molecular formula is C21H41N5O12. The molecule has 0 unspecified atom stereocenters. The van der Waals surface area contributed by atoms with Crippen molar-refractivity contribution in [1.29, 1.82) is 0 Å². The van der Waals surface area contributed by atoms with Gasteiger partial charge in [-0.3, -0.25) is 4.79 Å². The molecule has 0 aromatic rings. The van der Waals surface area contributed by atoms with E-state index >= 15 is 0 Å². The zero-order chi connectivity index (χ0) is 28.3. The lowest BCUT2D eigenvalue weighted by Gasteiger charge is -2.48. The minimum absolute atomic E-state index is 0.0255. The van der Waals surface area contributed by atoms with E-state index in [1.165, 1.54) is 0 Å². The summed E-state index contributed by atoms with van der Waals surface area (Å²) in [5.41, 5.74) is 23.3. The number of aliphatic hydroxyl groups excluding tert-OH is 7. The van der Waals surface area contributed by atoms with Crippen LogP contribution < -0.4 is 28.3 Å². The number of hydrogen-bond acceptors (Lipinski definition) is 16. The Morgan fingerprint density at radius 3 is 2.08 bits per heavy atom. The predicted molar refractivity (Wildman–Crippen MR) is 125 cm³/mol. The maximum Gasteiger partial charge on any atom is 0.249 e. The molecule has 16 N–H and O–H groups in total. The summed E-state index contributed by atoms with van der Waals surface area (Å²) >= 11 is 0. The van der Waals surface area contributed by atoms with Crippen LogP contribution in [0.4, 0.5) is 0 Å². The Balaban J connectivity index is 1.84. The van der Waals surface area contributed by atoms with Crippen molar-refractivity contribution < 1.29 is 59.5 Å². The van der Waals surface area contributed by atoms with E-state index in [1.54, 1.807) is 0 Å². The van der Waals surface area contributed by atoms with Crippen LogP contribution in [-0.4, -0.2) is 153 Å². The van der Waals surface area contributed by atoms with Crippen molar-refractivity contribution in [3.8, 4) is 0 Å². The number of carbonyl (C=O) groups excluding carboxylic acids is 1. The summed E-state index contributed by atoms with van der Waals surface area (Å²) in [6.45, 7) is -0.764. The number of amides is 1. The fourth-order valence-electron chi connectivity index (χ4n) is 4.84. The van der Waals surface area contributed by atoms with Crippen LogP contribution in [0.1, 0.15) is 12.8 Å². The highest BCUT2D eigenvalue weighted by Gasteiger charge is 2.53. The molecule has 2 aliphatic heterocycles. The van der Waals surface area contributed by atoms with Gasteiger partial charge >= 0.3 is 0 Å². The van der Waals surface area contributed by atoms with E-state index in [1.807, 2.05) is 0 Å². The standard InChI is InChI=1S/C21H41N5O12/c22-2-1-8(28)19(34)26-7-3-6(24)17(37-20-11(25)15(32)13(30)9(4-23)35-20)18(12(7)29)38-21-16(33)14(31)10(5-27)36-21/h6-18,20-21,27-33H,1-5,22-25H2,(H,26,34)/t6-,7+,8+,9+,10-,11-,12-,13-,14-,15+,16-,17+,18+,20+,21+/m0/s1. The molecule has 0 spiro atoms. The molecule has 1 amide bonds. The molecule has 3 rings (SSSR count). The Morgan fingerprint density at radius 1 is 0.895 bits per heavy atom. The van der Waals surface area contributed by atoms with E-state index in [2.05, 4.69) is 5.32 Å². The highest BCUT2D eigenvalue weighted by molar-refractivity contribution is 5.80. The average molecular weight is 556 g/mol. The van der Waals surface area contributed by atoms with Gasteiger partial charge in [-0.05, 0) is 19.4 Å². The summed E-state index contributed by atoms with van der Waals surface area (Å²) in [6, 6.07) is -3.29. The van der Waals surface area contributed by atoms with Crippen molar-refractivity contribution in [1.82, 2.24) is 5.32 Å². The molecule has 3 aliphatic rings. The van der Waals surface area contributed by atoms with E-state index < -0.39 is 104 Å². The molecule has 17 heteroatoms. The minimum atomic E-state index is -1.62. The van der Waals surface area contributed by atoms with Crippen LogP contribution >= 0.6 is 0 Å². The Hall–Kier alpha value is -1.13. The fraction of sp³-hybridized carbons (Fsp3) is 0.952. The number of rotatable bonds is 10. The van der Waals surface area contributed by atoms with Gasteiger partial charge in [0.1, 0.15) is 61.0 Å². The second-order valence-electron chi connectivity index (χ2n) is 9.84. The lowest BCUT2D eigenvalue weighted by Crippen LogP contribution is -2.69. The van der Waals surface area contributed by atoms with Crippen LogP contribution in [-0.2, 0) is 23.7 Å². The molecule has 0 aromatic carbocycles. The summed E-state index contributed by atoms with van der Waals surface area (Å²) in [5.74, 6) is -0.807. The highest BCUT2D eigenvalue weighted by Crippen LogP contribution is 2.32. The van der Waals surface area contributed by atoms with Crippen LogP contribution in [0.3, 0.4) is 0 Å². The molecule has 17 nitrogen and oxygen atoms in total. The molecule has 2 heterocycles. The van der Waals surface area contributed by atoms with Crippen molar-refractivity contribution in [2.75, 3.05) is 19.7 Å². The van der Waals surface area contributed by atoms with Gasteiger partial charge in [-0.2, -0.15) is 0 Å². The van der Waals surface area contributed by atoms with Gasteiger partial charge in [0.05, 0.1) is 18.7 Å². The van der Waals surface area contributed by atoms with Crippen molar-refractivity contribution in [2.45, 2.75) is 105 Å². The van der Waals surface area contributed by atoms with E-state index in [0.717, 1.165) is 0 Å². The van der Waals surface area contributed by atoms with Crippen LogP contribution in [0.25, 0.3) is 0 Å². The Bertz CT molecular complexity index is 770. The third kappa shape index (κ3) is 6.60. The number of hydrogen-bond donors (Lipinski definition) is 12. The zero-order valence-electron chi connectivity index (χ0n) is 20.7. The van der Waals surface area contributed by atoms with Gasteiger partial charge in [-0.15, -0.1) is 0 Å². The lowest BCUT2D eigenvalue weighted by molar-refractivity contribution is -0.307. The summed E-state index contributed by atoms with van der Waals surface area (Å²) < 4.78 is 22.7. The van der Waals surface area contributed by atoms with Gasteiger partial charge in [-0.25, -0.2) is 0 Å². The molecule has 3 fully saturated rings. The zero-order valence-corrected chi connectivity index (χ0v) is 20.7. The van der Waals surface area contributed by atoms with Crippen molar-refractivity contribution in [2.24, 2.45) is 22.9 Å². The first-order valence-corrected chi connectivity index (χ1v) is 12.5. The summed E-state index contributed by atoms with van der Waals surface area (Å²) in [6.07, 6.45) is -16.9. The lowest BCUT2D eigenvalue weighted by atomic mass is 9.83. The summed E-state index contributed by atoms with van der Waals surface area (Å²) in [5, 5.41) is 74.0. The maximum absolute atomic E-state index is 12.4. The number of carbonyl (C=O) groups is 1. The van der Waals surface area contributed by atoms with Gasteiger partial charge in [0, 0.05) is 12.6 Å². The number of aliphatic hydroxyl groups is 7. The average Bonchev–Trinajstić information content (AvgIpc) is 3.16. The van der Waals surface area contributed by atoms with Crippen LogP contribution in [0.15, 0.2) is 0 Å². The van der Waals surface area contributed by atoms with E-state index in [0.29, 0.717) is 0 Å². The largest absolute Gasteiger partial charge is 0.394 e. The van der Waals surface area contributed by atoms with E-state index in [9.17, 15) is 40.5 Å². The summed E-state index contributed by atoms with van der Waals surface area (Å²) in [7, 11) is 0. The van der Waals surface area contributed by atoms with Crippen LogP contribution in [0.5, 0.6) is 0 Å². The fourth-order valence-corrected chi connectivity index (χ4v) is 4.84. The Morgan fingerprint density at radius 2 is 1.50 bits per heavy atom. The first-order valence-electron chi connectivity index (χ1n) is 12.5. The molecule has 0 radical (unpaired) electrons. The Labute approximate surface area is 218 Å². The topological polar surface area (TPSA) is 312 Å². The monoisotopic (exact) mass is 555 g/mol. The van der Waals surface area contributed by atoms with Crippen LogP contribution in [0.2, 0.25) is 0 Å². The van der Waals surface area contributed by atoms with Gasteiger partial charge in [-0.1, -0.05) is 0 Å².